The van der Waals surface area contributed by atoms with E-state index in [4.69, 9.17) is 11.2 Å². The van der Waals surface area contributed by atoms with Crippen LogP contribution in [-0.2, 0) is 16.0 Å². The summed E-state index contributed by atoms with van der Waals surface area (Å²) in [5, 5.41) is 18.8. The monoisotopic (exact) mass is 229 g/mol. The molecule has 0 aliphatic heterocycles. The van der Waals surface area contributed by atoms with Gasteiger partial charge in [0.2, 0.25) is 0 Å². The molecule has 4 N–H and O–H groups in total. The van der Waals surface area contributed by atoms with Crippen molar-refractivity contribution < 1.29 is 25.2 Å². The number of esters is 1. The number of rotatable bonds is 4. The summed E-state index contributed by atoms with van der Waals surface area (Å²) in [6.07, 6.45) is -0.594. The Labute approximate surface area is 99.1 Å². The van der Waals surface area contributed by atoms with Crippen molar-refractivity contribution in [2.45, 2.75) is 19.4 Å². The number of hydrogen-bond acceptors (Lipinski definition) is 5. The van der Waals surface area contributed by atoms with Gasteiger partial charge in [0, 0.05) is 0 Å². The number of benzene rings is 1. The van der Waals surface area contributed by atoms with Crippen molar-refractivity contribution in [3.05, 3.63) is 23.7 Å². The summed E-state index contributed by atoms with van der Waals surface area (Å²) < 4.78 is 34.9. The van der Waals surface area contributed by atoms with Gasteiger partial charge in [-0.05, 0) is 31.0 Å². The van der Waals surface area contributed by atoms with Crippen molar-refractivity contribution in [3.63, 3.8) is 0 Å². The van der Waals surface area contributed by atoms with Crippen molar-refractivity contribution >= 4 is 5.97 Å². The predicted octanol–water partition coefficient (Wildman–Crippen LogP) is 0.531. The van der Waals surface area contributed by atoms with Crippen LogP contribution in [-0.4, -0.2) is 28.8 Å². The Morgan fingerprint density at radius 2 is 2.31 bits per heavy atom. The van der Waals surface area contributed by atoms with Gasteiger partial charge in [-0.3, -0.25) is 4.79 Å². The average molecular weight is 229 g/mol. The first-order valence-electron chi connectivity index (χ1n) is 6.60. The number of carbonyl (C=O) groups excluding carboxylic acids is 1. The molecule has 0 aliphatic rings. The van der Waals surface area contributed by atoms with Gasteiger partial charge >= 0.3 is 5.97 Å². The van der Waals surface area contributed by atoms with Crippen LogP contribution in [0.2, 0.25) is 0 Å². The largest absolute Gasteiger partial charge is 0.504 e. The van der Waals surface area contributed by atoms with Crippen LogP contribution in [0.4, 0.5) is 0 Å². The Balaban J connectivity index is 3.26. The molecular formula is C11H15NO4. The minimum absolute atomic E-state index is 0.0165. The van der Waals surface area contributed by atoms with Gasteiger partial charge in [-0.15, -0.1) is 0 Å². The normalized spacial score (nSPS) is 17.6. The highest BCUT2D eigenvalue weighted by Gasteiger charge is 2.15. The van der Waals surface area contributed by atoms with E-state index >= 15 is 0 Å². The third kappa shape index (κ3) is 3.13. The Kier molecular flexibility index (Phi) is 2.52. The minimum Gasteiger partial charge on any atom is -0.504 e. The van der Waals surface area contributed by atoms with Gasteiger partial charge in [0.25, 0.3) is 0 Å². The van der Waals surface area contributed by atoms with Crippen molar-refractivity contribution in [1.29, 1.82) is 0 Å². The van der Waals surface area contributed by atoms with Gasteiger partial charge in [0.1, 0.15) is 6.02 Å². The number of hydrogen-bond donors (Lipinski definition) is 3. The lowest BCUT2D eigenvalue weighted by Gasteiger charge is -2.10. The molecule has 0 aromatic heterocycles. The maximum absolute atomic E-state index is 11.5. The molecule has 88 valence electrons. The van der Waals surface area contributed by atoms with Gasteiger partial charge in [-0.1, -0.05) is 6.04 Å². The van der Waals surface area contributed by atoms with Crippen molar-refractivity contribution in [3.8, 4) is 11.5 Å². The van der Waals surface area contributed by atoms with E-state index in [1.807, 2.05) is 0 Å². The fourth-order valence-corrected chi connectivity index (χ4v) is 1.00. The first-order valence-corrected chi connectivity index (χ1v) is 4.60. The SMILES string of the molecule is [2H]c1c([2H])c(C[C@]([2H])(N)C(=O)OCC)c([2H])c(O)c1O. The summed E-state index contributed by atoms with van der Waals surface area (Å²) >= 11 is 0. The van der Waals surface area contributed by atoms with Gasteiger partial charge in [-0.2, -0.15) is 0 Å². The maximum atomic E-state index is 11.5. The third-order valence-corrected chi connectivity index (χ3v) is 1.73. The predicted molar refractivity (Wildman–Crippen MR) is 58.1 cm³/mol. The molecule has 1 atom stereocenters. The molecule has 0 bridgehead atoms. The topological polar surface area (TPSA) is 92.8 Å². The molecule has 1 aromatic rings. The molecule has 1 rings (SSSR count). The summed E-state index contributed by atoms with van der Waals surface area (Å²) in [7, 11) is 0. The highest BCUT2D eigenvalue weighted by atomic mass is 16.5. The van der Waals surface area contributed by atoms with E-state index in [-0.39, 0.29) is 12.2 Å². The smallest absolute Gasteiger partial charge is 0.323 e. The van der Waals surface area contributed by atoms with Gasteiger partial charge in [0.05, 0.1) is 12.1 Å². The van der Waals surface area contributed by atoms with Gasteiger partial charge in [-0.25, -0.2) is 0 Å². The fraction of sp³-hybridized carbons (Fsp3) is 0.364. The Morgan fingerprint density at radius 3 is 2.94 bits per heavy atom. The van der Waals surface area contributed by atoms with Crippen LogP contribution in [0.25, 0.3) is 0 Å². The van der Waals surface area contributed by atoms with Crippen molar-refractivity contribution in [2.24, 2.45) is 5.73 Å². The summed E-state index contributed by atoms with van der Waals surface area (Å²) in [5.41, 5.74) is 5.19. The van der Waals surface area contributed by atoms with Crippen LogP contribution in [0.3, 0.4) is 0 Å². The lowest BCUT2D eigenvalue weighted by Crippen LogP contribution is -2.34. The number of phenolic OH excluding ortho intramolecular Hbond substituents is 2. The lowest BCUT2D eigenvalue weighted by atomic mass is 10.1. The fourth-order valence-electron chi connectivity index (χ4n) is 1.00. The van der Waals surface area contributed by atoms with Crippen molar-refractivity contribution in [1.82, 2.24) is 0 Å². The molecule has 0 amide bonds. The van der Waals surface area contributed by atoms with E-state index in [1.165, 1.54) is 6.92 Å². The van der Waals surface area contributed by atoms with Gasteiger partial charge in [0.15, 0.2) is 11.5 Å². The number of phenols is 2. The number of aromatic hydroxyl groups is 2. The highest BCUT2D eigenvalue weighted by molar-refractivity contribution is 5.75. The van der Waals surface area contributed by atoms with Gasteiger partial charge < -0.3 is 20.7 Å². The summed E-state index contributed by atoms with van der Waals surface area (Å²) in [6, 6.07) is -4.17. The van der Waals surface area contributed by atoms with E-state index < -0.39 is 48.0 Å². The van der Waals surface area contributed by atoms with Crippen LogP contribution in [0.1, 0.15) is 18.0 Å². The number of nitrogens with two attached hydrogens (primary N) is 1. The molecule has 5 nitrogen and oxygen atoms in total. The van der Waals surface area contributed by atoms with Crippen LogP contribution in [0, 0.1) is 0 Å². The molecule has 0 fully saturated rings. The second-order valence-corrected chi connectivity index (χ2v) is 2.97. The van der Waals surface area contributed by atoms with E-state index in [1.54, 1.807) is 0 Å². The van der Waals surface area contributed by atoms with Crippen LogP contribution in [0.15, 0.2) is 18.1 Å². The second kappa shape index (κ2) is 5.37. The summed E-state index contributed by atoms with van der Waals surface area (Å²) in [6.45, 7) is 1.55. The van der Waals surface area contributed by atoms with Crippen LogP contribution in [0.5, 0.6) is 11.5 Å². The Morgan fingerprint density at radius 1 is 1.62 bits per heavy atom. The molecule has 0 unspecified atom stereocenters. The Hall–Kier alpha value is -1.75. The third-order valence-electron chi connectivity index (χ3n) is 1.73. The molecule has 0 saturated carbocycles. The van der Waals surface area contributed by atoms with E-state index in [0.717, 1.165) is 0 Å². The van der Waals surface area contributed by atoms with E-state index in [0.29, 0.717) is 0 Å². The molecule has 0 aliphatic carbocycles. The molecule has 0 heterocycles. The summed E-state index contributed by atoms with van der Waals surface area (Å²) in [4.78, 5) is 11.5. The molecule has 16 heavy (non-hydrogen) atoms. The molecule has 0 saturated heterocycles. The van der Waals surface area contributed by atoms with E-state index in [2.05, 4.69) is 4.74 Å². The minimum atomic E-state index is -2.25. The molecule has 5 heteroatoms. The number of carbonyl (C=O) groups is 1. The van der Waals surface area contributed by atoms with E-state index in [9.17, 15) is 15.0 Å². The van der Waals surface area contributed by atoms with Crippen molar-refractivity contribution in [2.75, 3.05) is 6.61 Å². The first kappa shape index (κ1) is 7.51. The Bertz CT molecular complexity index is 519. The molecule has 1 aromatic carbocycles. The maximum Gasteiger partial charge on any atom is 0.323 e. The zero-order valence-electron chi connectivity index (χ0n) is 12.7. The lowest BCUT2D eigenvalue weighted by molar-refractivity contribution is -0.144. The quantitative estimate of drug-likeness (QED) is 0.517. The van der Waals surface area contributed by atoms with Crippen LogP contribution < -0.4 is 5.73 Å². The summed E-state index contributed by atoms with van der Waals surface area (Å²) in [5.74, 6) is -2.83. The average Bonchev–Trinajstić information content (AvgIpc) is 2.39. The molecular weight excluding hydrogens is 210 g/mol. The van der Waals surface area contributed by atoms with Crippen LogP contribution >= 0.6 is 0 Å². The standard InChI is InChI=1S/C11H15NO4/c1-2-16-11(15)8(12)5-7-3-4-9(13)10(14)6-7/h3-4,6,8,13-14H,2,5,12H2,1H3/t8-/m0/s1/i3D,4D,6D,8D. The second-order valence-electron chi connectivity index (χ2n) is 2.97. The number of ether oxygens (including phenoxy) is 1. The first-order chi connectivity index (χ1) is 9.13. The zero-order valence-corrected chi connectivity index (χ0v) is 8.70. The zero-order chi connectivity index (χ0) is 15.7. The highest BCUT2D eigenvalue weighted by Crippen LogP contribution is 2.25. The molecule has 0 spiro atoms. The molecule has 0 radical (unpaired) electrons.